The first-order chi connectivity index (χ1) is 14.5. The van der Waals surface area contributed by atoms with Gasteiger partial charge < -0.3 is 35.3 Å². The molecule has 0 radical (unpaired) electrons. The molecule has 2 aliphatic heterocycles. The first kappa shape index (κ1) is 18.8. The number of aromatic amines is 1. The van der Waals surface area contributed by atoms with Gasteiger partial charge in [-0.15, -0.1) is 0 Å². The second kappa shape index (κ2) is 7.24. The third kappa shape index (κ3) is 3.15. The molecule has 2 fully saturated rings. The average molecular weight is 413 g/mol. The first-order valence-corrected chi connectivity index (χ1v) is 10.1. The van der Waals surface area contributed by atoms with Gasteiger partial charge in [0.15, 0.2) is 5.75 Å². The summed E-state index contributed by atoms with van der Waals surface area (Å²) in [5.74, 6) is 0.873. The normalized spacial score (nSPS) is 24.2. The number of nitrogens with one attached hydrogen (secondary N) is 3. The van der Waals surface area contributed by atoms with E-state index in [0.717, 1.165) is 31.1 Å². The van der Waals surface area contributed by atoms with Gasteiger partial charge in [-0.2, -0.15) is 0 Å². The van der Waals surface area contributed by atoms with Gasteiger partial charge in [-0.25, -0.2) is 4.79 Å². The van der Waals surface area contributed by atoms with Gasteiger partial charge in [0.05, 0.1) is 12.3 Å². The number of anilines is 1. The van der Waals surface area contributed by atoms with Gasteiger partial charge in [0, 0.05) is 41.9 Å². The minimum Gasteiger partial charge on any atom is -0.504 e. The summed E-state index contributed by atoms with van der Waals surface area (Å²) in [5.41, 5.74) is 1.58. The lowest BCUT2D eigenvalue weighted by molar-refractivity contribution is 0.142. The third-order valence-corrected chi connectivity index (χ3v) is 6.41. The lowest BCUT2D eigenvalue weighted by atomic mass is 9.97. The molecule has 1 aromatic carbocycles. The molecule has 5 N–H and O–H groups in total. The molecule has 158 valence electrons. The van der Waals surface area contributed by atoms with Gasteiger partial charge in [-0.05, 0) is 43.4 Å². The minimum atomic E-state index is -1.66. The van der Waals surface area contributed by atoms with E-state index in [-0.39, 0.29) is 6.61 Å². The lowest BCUT2D eigenvalue weighted by Crippen LogP contribution is -2.28. The van der Waals surface area contributed by atoms with Crippen LogP contribution < -0.4 is 25.7 Å². The summed E-state index contributed by atoms with van der Waals surface area (Å²) in [6.07, 6.45) is 1.00. The van der Waals surface area contributed by atoms with E-state index in [0.29, 0.717) is 41.0 Å². The molecule has 3 aliphatic rings. The van der Waals surface area contributed by atoms with Crippen molar-refractivity contribution in [2.75, 3.05) is 25.0 Å². The fraction of sp³-hybridized carbons (Fsp3) is 0.429. The number of carboxylic acid groups (broad SMARTS) is 1. The molecule has 2 aromatic rings. The Hall–Kier alpha value is -3.20. The molecule has 0 bridgehead atoms. The van der Waals surface area contributed by atoms with Crippen molar-refractivity contribution < 1.29 is 24.5 Å². The Balaban J connectivity index is 1.48. The SMILES string of the molecule is O=C(O)Oc1c(O)c2c([nH]c1=O)-c1ccc(N[C@@H]3CC[C@H]4CNC[C@H]43)cc1OCC2. The van der Waals surface area contributed by atoms with Crippen LogP contribution in [0.1, 0.15) is 18.4 Å². The molecule has 9 heteroatoms. The Kier molecular flexibility index (Phi) is 4.54. The summed E-state index contributed by atoms with van der Waals surface area (Å²) in [6.45, 7) is 2.41. The largest absolute Gasteiger partial charge is 0.511 e. The van der Waals surface area contributed by atoms with Crippen LogP contribution in [0, 0.1) is 11.8 Å². The summed E-state index contributed by atoms with van der Waals surface area (Å²) in [6, 6.07) is 6.11. The summed E-state index contributed by atoms with van der Waals surface area (Å²) < 4.78 is 10.4. The van der Waals surface area contributed by atoms with Crippen LogP contribution in [0.4, 0.5) is 10.5 Å². The van der Waals surface area contributed by atoms with Crippen LogP contribution in [0.2, 0.25) is 0 Å². The molecule has 0 amide bonds. The van der Waals surface area contributed by atoms with Crippen LogP contribution in [-0.2, 0) is 6.42 Å². The zero-order valence-corrected chi connectivity index (χ0v) is 16.2. The molecule has 1 aromatic heterocycles. The topological polar surface area (TPSA) is 133 Å². The van der Waals surface area contributed by atoms with E-state index in [9.17, 15) is 14.7 Å². The van der Waals surface area contributed by atoms with Crippen LogP contribution in [0.15, 0.2) is 23.0 Å². The number of hydrogen-bond acceptors (Lipinski definition) is 7. The van der Waals surface area contributed by atoms with Crippen LogP contribution in [0.5, 0.6) is 17.2 Å². The van der Waals surface area contributed by atoms with E-state index in [2.05, 4.69) is 20.4 Å². The highest BCUT2D eigenvalue weighted by atomic mass is 16.7. The number of H-pyrrole nitrogens is 1. The van der Waals surface area contributed by atoms with E-state index < -0.39 is 23.2 Å². The van der Waals surface area contributed by atoms with Crippen molar-refractivity contribution in [2.24, 2.45) is 11.8 Å². The molecule has 1 saturated heterocycles. The fourth-order valence-electron chi connectivity index (χ4n) is 5.01. The maximum atomic E-state index is 12.3. The van der Waals surface area contributed by atoms with Crippen molar-refractivity contribution in [3.05, 3.63) is 34.1 Å². The highest BCUT2D eigenvalue weighted by molar-refractivity contribution is 5.77. The van der Waals surface area contributed by atoms with Crippen LogP contribution in [0.3, 0.4) is 0 Å². The van der Waals surface area contributed by atoms with Crippen molar-refractivity contribution in [1.29, 1.82) is 0 Å². The molecular formula is C21H23N3O6. The number of fused-ring (bicyclic) bond motifs is 4. The molecule has 1 aliphatic carbocycles. The number of rotatable bonds is 3. The van der Waals surface area contributed by atoms with Crippen LogP contribution in [0.25, 0.3) is 11.3 Å². The van der Waals surface area contributed by atoms with E-state index in [1.807, 2.05) is 18.2 Å². The molecule has 30 heavy (non-hydrogen) atoms. The van der Waals surface area contributed by atoms with Crippen molar-refractivity contribution in [2.45, 2.75) is 25.3 Å². The highest BCUT2D eigenvalue weighted by Gasteiger charge is 2.39. The Morgan fingerprint density at radius 1 is 1.27 bits per heavy atom. The zero-order valence-electron chi connectivity index (χ0n) is 16.2. The van der Waals surface area contributed by atoms with Gasteiger partial charge in [0.1, 0.15) is 5.75 Å². The lowest BCUT2D eigenvalue weighted by Gasteiger charge is -2.21. The van der Waals surface area contributed by atoms with Gasteiger partial charge in [-0.1, -0.05) is 0 Å². The van der Waals surface area contributed by atoms with E-state index in [1.165, 1.54) is 6.42 Å². The number of benzene rings is 1. The number of pyridine rings is 1. The van der Waals surface area contributed by atoms with Crippen molar-refractivity contribution in [1.82, 2.24) is 10.3 Å². The van der Waals surface area contributed by atoms with Gasteiger partial charge in [0.25, 0.3) is 5.56 Å². The number of carbonyl (C=O) groups is 1. The summed E-state index contributed by atoms with van der Waals surface area (Å²) in [7, 11) is 0. The number of aromatic hydroxyl groups is 1. The molecule has 1 saturated carbocycles. The Morgan fingerprint density at radius 2 is 2.13 bits per heavy atom. The van der Waals surface area contributed by atoms with Crippen LogP contribution in [-0.4, -0.2) is 47.1 Å². The predicted molar refractivity (Wildman–Crippen MR) is 109 cm³/mol. The smallest absolute Gasteiger partial charge is 0.504 e. The maximum Gasteiger partial charge on any atom is 0.511 e. The van der Waals surface area contributed by atoms with Gasteiger partial charge >= 0.3 is 6.16 Å². The molecule has 0 unspecified atom stereocenters. The number of hydrogen-bond donors (Lipinski definition) is 5. The average Bonchev–Trinajstić information content (AvgIpc) is 3.27. The molecule has 3 heterocycles. The zero-order chi connectivity index (χ0) is 20.8. The van der Waals surface area contributed by atoms with Crippen molar-refractivity contribution in [3.8, 4) is 28.5 Å². The predicted octanol–water partition coefficient (Wildman–Crippen LogP) is 2.15. The molecule has 9 nitrogen and oxygen atoms in total. The fourth-order valence-corrected chi connectivity index (χ4v) is 5.01. The second-order valence-corrected chi connectivity index (χ2v) is 8.07. The van der Waals surface area contributed by atoms with Crippen molar-refractivity contribution in [3.63, 3.8) is 0 Å². The van der Waals surface area contributed by atoms with E-state index in [4.69, 9.17) is 9.84 Å². The Bertz CT molecular complexity index is 1070. The summed E-state index contributed by atoms with van der Waals surface area (Å²) in [5, 5.41) is 26.4. The quantitative estimate of drug-likeness (QED) is 0.484. The first-order valence-electron chi connectivity index (χ1n) is 10.1. The highest BCUT2D eigenvalue weighted by Crippen LogP contribution is 2.42. The number of aromatic nitrogens is 1. The summed E-state index contributed by atoms with van der Waals surface area (Å²) in [4.78, 5) is 25.8. The Labute approximate surface area is 172 Å². The molecule has 3 atom stereocenters. The molecular weight excluding hydrogens is 390 g/mol. The molecule has 5 rings (SSSR count). The summed E-state index contributed by atoms with van der Waals surface area (Å²) >= 11 is 0. The number of ether oxygens (including phenoxy) is 2. The minimum absolute atomic E-state index is 0.271. The van der Waals surface area contributed by atoms with Crippen molar-refractivity contribution >= 4 is 11.8 Å². The second-order valence-electron chi connectivity index (χ2n) is 8.07. The Morgan fingerprint density at radius 3 is 2.97 bits per heavy atom. The third-order valence-electron chi connectivity index (χ3n) is 6.41. The maximum absolute atomic E-state index is 12.3. The molecule has 0 spiro atoms. The van der Waals surface area contributed by atoms with E-state index >= 15 is 0 Å². The van der Waals surface area contributed by atoms with Gasteiger partial charge in [0.2, 0.25) is 5.75 Å². The van der Waals surface area contributed by atoms with Gasteiger partial charge in [-0.3, -0.25) is 4.79 Å². The standard InChI is InChI=1S/C21H23N3O6/c25-18-13-5-6-29-16-7-11(23-15-4-1-10-8-22-9-14(10)15)2-3-12(16)17(13)24-20(26)19(18)30-21(27)28/h2-3,7,10,14-15,22-23H,1,4-6,8-9H2,(H,27,28)(H2,24,25,26)/t10-,14+,15+/m0/s1. The van der Waals surface area contributed by atoms with Crippen LogP contribution >= 0.6 is 0 Å². The monoisotopic (exact) mass is 413 g/mol. The van der Waals surface area contributed by atoms with E-state index in [1.54, 1.807) is 0 Å².